The first-order valence-corrected chi connectivity index (χ1v) is 12.8. The fraction of sp³-hybridized carbons (Fsp3) is 0.259. The van der Waals surface area contributed by atoms with E-state index in [1.54, 1.807) is 13.3 Å². The van der Waals surface area contributed by atoms with Crippen molar-refractivity contribution in [1.29, 1.82) is 0 Å². The number of ether oxygens (including phenoxy) is 2. The van der Waals surface area contributed by atoms with Crippen molar-refractivity contribution in [1.82, 2.24) is 20.6 Å². The van der Waals surface area contributed by atoms with Gasteiger partial charge < -0.3 is 29.9 Å². The number of aromatic nitrogens is 2. The van der Waals surface area contributed by atoms with E-state index < -0.39 is 12.1 Å². The van der Waals surface area contributed by atoms with Crippen molar-refractivity contribution in [3.8, 4) is 5.75 Å². The first-order valence-electron chi connectivity index (χ1n) is 12.1. The Labute approximate surface area is 226 Å². The molecular formula is C27H26BrN5O5. The lowest BCUT2D eigenvalue weighted by Gasteiger charge is -2.19. The van der Waals surface area contributed by atoms with E-state index in [1.807, 2.05) is 54.6 Å². The number of amides is 2. The number of hydrogen-bond donors (Lipinski definition) is 3. The molecule has 2 aromatic heterocycles. The van der Waals surface area contributed by atoms with E-state index in [9.17, 15) is 9.59 Å². The molecule has 0 saturated carbocycles. The fourth-order valence-corrected chi connectivity index (χ4v) is 4.65. The van der Waals surface area contributed by atoms with Crippen molar-refractivity contribution < 1.29 is 23.9 Å². The number of nitrogens with one attached hydrogen (secondary N) is 3. The number of pyridine rings is 1. The number of carbonyl (C=O) groups is 2. The SMILES string of the molecule is COc1ccc2[nH]c(CC(NC(=O)OCc3cnc4ccccc4c3)C(=O)NC[C@@H]3CC(Br)=NO3)cc2c1. The van der Waals surface area contributed by atoms with Gasteiger partial charge in [0.05, 0.1) is 19.2 Å². The Morgan fingerprint density at radius 1 is 1.18 bits per heavy atom. The average molecular weight is 580 g/mol. The summed E-state index contributed by atoms with van der Waals surface area (Å²) in [5.74, 6) is 0.365. The van der Waals surface area contributed by atoms with Gasteiger partial charge in [0.15, 0.2) is 6.10 Å². The van der Waals surface area contributed by atoms with Crippen LogP contribution in [-0.4, -0.2) is 52.4 Å². The van der Waals surface area contributed by atoms with E-state index in [2.05, 4.69) is 41.7 Å². The fourth-order valence-electron chi connectivity index (χ4n) is 4.21. The number of halogens is 1. The molecule has 0 spiro atoms. The molecule has 4 aromatic rings. The Kier molecular flexibility index (Phi) is 7.73. The molecule has 196 valence electrons. The zero-order valence-corrected chi connectivity index (χ0v) is 22.2. The highest BCUT2D eigenvalue weighted by Crippen LogP contribution is 2.22. The smallest absolute Gasteiger partial charge is 0.408 e. The molecule has 2 atom stereocenters. The molecule has 1 unspecified atom stereocenters. The van der Waals surface area contributed by atoms with Gasteiger partial charge in [-0.25, -0.2) is 4.79 Å². The number of fused-ring (bicyclic) bond motifs is 2. The van der Waals surface area contributed by atoms with Crippen LogP contribution in [0.3, 0.4) is 0 Å². The predicted molar refractivity (Wildman–Crippen MR) is 146 cm³/mol. The Hall–Kier alpha value is -4.12. The maximum atomic E-state index is 13.1. The lowest BCUT2D eigenvalue weighted by atomic mass is 10.1. The number of nitrogens with zero attached hydrogens (tertiary/aromatic N) is 2. The minimum atomic E-state index is -0.891. The monoisotopic (exact) mass is 579 g/mol. The van der Waals surface area contributed by atoms with E-state index in [1.165, 1.54) is 0 Å². The molecule has 2 aromatic carbocycles. The molecule has 1 aliphatic heterocycles. The lowest BCUT2D eigenvalue weighted by Crippen LogP contribution is -2.49. The van der Waals surface area contributed by atoms with Crippen LogP contribution in [0.4, 0.5) is 4.79 Å². The molecule has 0 radical (unpaired) electrons. The minimum absolute atomic E-state index is 0.0193. The van der Waals surface area contributed by atoms with Crippen molar-refractivity contribution >= 4 is 54.4 Å². The quantitative estimate of drug-likeness (QED) is 0.273. The van der Waals surface area contributed by atoms with Gasteiger partial charge in [0.2, 0.25) is 5.91 Å². The summed E-state index contributed by atoms with van der Waals surface area (Å²) in [6, 6.07) is 16.3. The Balaban J connectivity index is 1.25. The number of hydrogen-bond acceptors (Lipinski definition) is 7. The molecule has 10 nitrogen and oxygen atoms in total. The highest BCUT2D eigenvalue weighted by Gasteiger charge is 2.26. The van der Waals surface area contributed by atoms with Crippen LogP contribution in [0.15, 0.2) is 65.9 Å². The van der Waals surface area contributed by atoms with Gasteiger partial charge in [-0.2, -0.15) is 0 Å². The highest BCUT2D eigenvalue weighted by atomic mass is 79.9. The maximum Gasteiger partial charge on any atom is 0.408 e. The zero-order chi connectivity index (χ0) is 26.5. The number of rotatable bonds is 9. The van der Waals surface area contributed by atoms with E-state index >= 15 is 0 Å². The summed E-state index contributed by atoms with van der Waals surface area (Å²) in [5.41, 5.74) is 3.27. The van der Waals surface area contributed by atoms with Crippen LogP contribution in [0.2, 0.25) is 0 Å². The molecule has 2 amide bonds. The lowest BCUT2D eigenvalue weighted by molar-refractivity contribution is -0.123. The summed E-state index contributed by atoms with van der Waals surface area (Å²) in [6.07, 6.45) is 1.46. The van der Waals surface area contributed by atoms with E-state index in [-0.39, 0.29) is 31.6 Å². The van der Waals surface area contributed by atoms with Crippen LogP contribution >= 0.6 is 15.9 Å². The van der Waals surface area contributed by atoms with Gasteiger partial charge in [0.1, 0.15) is 23.0 Å². The van der Waals surface area contributed by atoms with Crippen molar-refractivity contribution in [3.63, 3.8) is 0 Å². The largest absolute Gasteiger partial charge is 0.497 e. The van der Waals surface area contributed by atoms with Crippen molar-refractivity contribution in [2.75, 3.05) is 13.7 Å². The van der Waals surface area contributed by atoms with Crippen LogP contribution in [-0.2, 0) is 27.4 Å². The Morgan fingerprint density at radius 3 is 2.87 bits per heavy atom. The number of methoxy groups -OCH3 is 1. The van der Waals surface area contributed by atoms with Crippen LogP contribution in [0.5, 0.6) is 5.75 Å². The summed E-state index contributed by atoms with van der Waals surface area (Å²) in [7, 11) is 1.61. The predicted octanol–water partition coefficient (Wildman–Crippen LogP) is 4.18. The van der Waals surface area contributed by atoms with Gasteiger partial charge in [-0.1, -0.05) is 23.4 Å². The number of para-hydroxylation sites is 1. The summed E-state index contributed by atoms with van der Waals surface area (Å²) in [4.78, 5) is 38.8. The second-order valence-corrected chi connectivity index (χ2v) is 9.82. The van der Waals surface area contributed by atoms with Gasteiger partial charge >= 0.3 is 6.09 Å². The van der Waals surface area contributed by atoms with Gasteiger partial charge in [0.25, 0.3) is 0 Å². The van der Waals surface area contributed by atoms with E-state index in [0.717, 1.165) is 38.8 Å². The summed E-state index contributed by atoms with van der Waals surface area (Å²) in [6.45, 7) is 0.267. The number of carbonyl (C=O) groups excluding carboxylic acids is 2. The average Bonchev–Trinajstić information content (AvgIpc) is 3.54. The van der Waals surface area contributed by atoms with Crippen molar-refractivity contribution in [2.45, 2.75) is 31.6 Å². The first kappa shape index (κ1) is 25.5. The molecule has 3 N–H and O–H groups in total. The number of H-pyrrole nitrogens is 1. The molecule has 3 heterocycles. The van der Waals surface area contributed by atoms with Crippen LogP contribution in [0.1, 0.15) is 17.7 Å². The third kappa shape index (κ3) is 6.23. The number of benzene rings is 2. The van der Waals surface area contributed by atoms with Gasteiger partial charge in [-0.3, -0.25) is 9.78 Å². The summed E-state index contributed by atoms with van der Waals surface area (Å²) in [5, 5.41) is 11.3. The maximum absolute atomic E-state index is 13.1. The molecule has 1 aliphatic rings. The number of aromatic amines is 1. The van der Waals surface area contributed by atoms with Crippen LogP contribution < -0.4 is 15.4 Å². The van der Waals surface area contributed by atoms with Gasteiger partial charge in [-0.05, 0) is 52.3 Å². The Morgan fingerprint density at radius 2 is 2.05 bits per heavy atom. The topological polar surface area (TPSA) is 127 Å². The standard InChI is InChI=1S/C27H26BrN5O5/c1-36-20-6-7-23-18(10-20)9-19(31-23)11-24(26(34)30-14-21-12-25(28)33-38-21)32-27(35)37-15-16-8-17-4-2-3-5-22(17)29-13-16/h2-10,13,21,24,31H,11-12,14-15H2,1H3,(H,30,34)(H,32,35)/t21-,24?/m0/s1. The van der Waals surface area contributed by atoms with Crippen LogP contribution in [0, 0.1) is 0 Å². The van der Waals surface area contributed by atoms with Crippen molar-refractivity contribution in [2.24, 2.45) is 5.16 Å². The molecule has 11 heteroatoms. The summed E-state index contributed by atoms with van der Waals surface area (Å²) >= 11 is 3.29. The number of oxime groups is 1. The molecule has 0 bridgehead atoms. The molecular weight excluding hydrogens is 554 g/mol. The first-order chi connectivity index (χ1) is 18.5. The zero-order valence-electron chi connectivity index (χ0n) is 20.6. The molecule has 0 saturated heterocycles. The number of alkyl carbamates (subject to hydrolysis) is 1. The third-order valence-corrected chi connectivity index (χ3v) is 6.60. The van der Waals surface area contributed by atoms with Gasteiger partial charge in [0, 0.05) is 46.6 Å². The van der Waals surface area contributed by atoms with E-state index in [0.29, 0.717) is 11.0 Å². The summed E-state index contributed by atoms with van der Waals surface area (Å²) < 4.78 is 11.4. The third-order valence-electron chi connectivity index (χ3n) is 6.13. The van der Waals surface area contributed by atoms with Crippen LogP contribution in [0.25, 0.3) is 21.8 Å². The van der Waals surface area contributed by atoms with Crippen molar-refractivity contribution in [3.05, 3.63) is 72.1 Å². The minimum Gasteiger partial charge on any atom is -0.497 e. The molecule has 0 aliphatic carbocycles. The second kappa shape index (κ2) is 11.5. The van der Waals surface area contributed by atoms with E-state index in [4.69, 9.17) is 14.3 Å². The molecule has 5 rings (SSSR count). The Bertz CT molecular complexity index is 1500. The highest BCUT2D eigenvalue weighted by molar-refractivity contribution is 9.18. The van der Waals surface area contributed by atoms with Gasteiger partial charge in [-0.15, -0.1) is 0 Å². The molecule has 38 heavy (non-hydrogen) atoms. The second-order valence-electron chi connectivity index (χ2n) is 8.91. The molecule has 0 fully saturated rings. The normalized spacial score (nSPS) is 15.5.